The molecule has 0 bridgehead atoms. The Morgan fingerprint density at radius 2 is 1.86 bits per heavy atom. The highest BCUT2D eigenvalue weighted by Gasteiger charge is 2.40. The number of alkyl halides is 3. The van der Waals surface area contributed by atoms with Crippen LogP contribution in [0.15, 0.2) is 17.1 Å². The number of nitrogens with zero attached hydrogens (tertiary/aromatic N) is 3. The summed E-state index contributed by atoms with van der Waals surface area (Å²) < 4.78 is 55.2. The van der Waals surface area contributed by atoms with Gasteiger partial charge in [0.25, 0.3) is 0 Å². The van der Waals surface area contributed by atoms with Crippen molar-refractivity contribution in [2.24, 2.45) is 0 Å². The molecule has 1 N–H and O–H groups in total. The summed E-state index contributed by atoms with van der Waals surface area (Å²) >= 11 is 0. The quantitative estimate of drug-likeness (QED) is 0.621. The Hall–Kier alpha value is -2.62. The van der Waals surface area contributed by atoms with Crippen LogP contribution in [-0.2, 0) is 6.42 Å². The molecule has 3 heterocycles. The molecule has 0 saturated carbocycles. The summed E-state index contributed by atoms with van der Waals surface area (Å²) in [5.74, 6) is -2.10. The van der Waals surface area contributed by atoms with Crippen molar-refractivity contribution in [3.63, 3.8) is 0 Å². The summed E-state index contributed by atoms with van der Waals surface area (Å²) in [5.41, 5.74) is 0.00336. The molecule has 0 amide bonds. The molecule has 10 heteroatoms. The molecule has 1 aromatic heterocycles. The van der Waals surface area contributed by atoms with Gasteiger partial charge in [0.1, 0.15) is 11.4 Å². The van der Waals surface area contributed by atoms with E-state index in [1.807, 2.05) is 6.92 Å². The maximum absolute atomic E-state index is 15.0. The summed E-state index contributed by atoms with van der Waals surface area (Å²) in [6, 6.07) is 0.807. The molecule has 150 valence electrons. The van der Waals surface area contributed by atoms with E-state index in [0.717, 1.165) is 6.07 Å². The second-order valence-electron chi connectivity index (χ2n) is 7.16. The third-order valence-electron chi connectivity index (χ3n) is 5.50. The first kappa shape index (κ1) is 18.7. The summed E-state index contributed by atoms with van der Waals surface area (Å²) in [6.07, 6.45) is -2.80. The summed E-state index contributed by atoms with van der Waals surface area (Å²) in [6.45, 7) is 1.27. The van der Waals surface area contributed by atoms with Crippen LogP contribution < -0.4 is 10.3 Å². The molecule has 0 radical (unpaired) electrons. The predicted octanol–water partition coefficient (Wildman–Crippen LogP) is 2.60. The molecule has 2 aromatic rings. The van der Waals surface area contributed by atoms with E-state index in [4.69, 9.17) is 0 Å². The number of carbonyl (C=O) groups is 1. The number of halogens is 4. The molecule has 0 spiro atoms. The number of piperazine rings is 1. The first-order valence-electron chi connectivity index (χ1n) is 8.80. The molecule has 1 aromatic carbocycles. The van der Waals surface area contributed by atoms with E-state index in [9.17, 15) is 32.3 Å². The van der Waals surface area contributed by atoms with Gasteiger partial charge in [-0.25, -0.2) is 14.1 Å². The van der Waals surface area contributed by atoms with Crippen LogP contribution >= 0.6 is 0 Å². The van der Waals surface area contributed by atoms with Gasteiger partial charge in [-0.05, 0) is 19.4 Å². The molecular formula is C18H17F4N3O3. The molecular weight excluding hydrogens is 382 g/mol. The molecule has 1 fully saturated rings. The smallest absolute Gasteiger partial charge is 0.460 e. The van der Waals surface area contributed by atoms with E-state index in [2.05, 4.69) is 0 Å². The minimum atomic E-state index is -4.42. The molecule has 2 aliphatic rings. The van der Waals surface area contributed by atoms with Crippen molar-refractivity contribution < 1.29 is 27.5 Å². The van der Waals surface area contributed by atoms with Crippen molar-refractivity contribution in [2.75, 3.05) is 31.1 Å². The van der Waals surface area contributed by atoms with Crippen LogP contribution in [0.1, 0.15) is 28.9 Å². The molecule has 28 heavy (non-hydrogen) atoms. The van der Waals surface area contributed by atoms with E-state index in [-0.39, 0.29) is 43.3 Å². The predicted molar refractivity (Wildman–Crippen MR) is 93.4 cm³/mol. The van der Waals surface area contributed by atoms with Gasteiger partial charge in [-0.2, -0.15) is 13.2 Å². The van der Waals surface area contributed by atoms with Gasteiger partial charge in [0.2, 0.25) is 5.43 Å². The van der Waals surface area contributed by atoms with E-state index in [1.54, 1.807) is 9.47 Å². The number of carboxylic acid groups (broad SMARTS) is 1. The second kappa shape index (κ2) is 6.20. The van der Waals surface area contributed by atoms with Gasteiger partial charge < -0.3 is 14.6 Å². The Kier molecular flexibility index (Phi) is 4.14. The third-order valence-corrected chi connectivity index (χ3v) is 5.50. The first-order chi connectivity index (χ1) is 13.1. The maximum Gasteiger partial charge on any atom is 0.460 e. The number of benzene rings is 1. The van der Waals surface area contributed by atoms with E-state index < -0.39 is 29.1 Å². The zero-order chi connectivity index (χ0) is 20.4. The van der Waals surface area contributed by atoms with Crippen LogP contribution in [0.5, 0.6) is 0 Å². The Bertz CT molecular complexity index is 1040. The van der Waals surface area contributed by atoms with Crippen LogP contribution in [-0.4, -0.2) is 53.0 Å². The monoisotopic (exact) mass is 399 g/mol. The number of hydrogen-bond acceptors (Lipinski definition) is 4. The van der Waals surface area contributed by atoms with Gasteiger partial charge in [0.05, 0.1) is 11.2 Å². The topological polar surface area (TPSA) is 65.8 Å². The molecule has 1 saturated heterocycles. The minimum absolute atomic E-state index is 0.000753. The molecule has 1 atom stereocenters. The third kappa shape index (κ3) is 2.74. The van der Waals surface area contributed by atoms with Crippen LogP contribution in [0, 0.1) is 5.82 Å². The number of rotatable bonds is 2. The minimum Gasteiger partial charge on any atom is -0.477 e. The van der Waals surface area contributed by atoms with Gasteiger partial charge in [0, 0.05) is 49.4 Å². The number of aromatic nitrogens is 1. The Balaban J connectivity index is 1.83. The van der Waals surface area contributed by atoms with Gasteiger partial charge in [-0.15, -0.1) is 0 Å². The zero-order valence-electron chi connectivity index (χ0n) is 14.9. The number of carboxylic acids is 1. The van der Waals surface area contributed by atoms with Gasteiger partial charge >= 0.3 is 12.3 Å². The standard InChI is InChI=1S/C18H17F4N3O3/c1-9-6-10-14-11(16(26)12(17(27)28)8-25(9)14)7-13(19)15(10)23-2-4-24(5-3-23)18(20,21)22/h7-9H,2-6H2,1H3,(H,27,28). The van der Waals surface area contributed by atoms with Crippen LogP contribution in [0.4, 0.5) is 23.2 Å². The first-order valence-corrected chi connectivity index (χ1v) is 8.80. The fourth-order valence-corrected chi connectivity index (χ4v) is 4.17. The molecule has 1 unspecified atom stereocenters. The highest BCUT2D eigenvalue weighted by Crippen LogP contribution is 2.40. The van der Waals surface area contributed by atoms with Crippen LogP contribution in [0.2, 0.25) is 0 Å². The lowest BCUT2D eigenvalue weighted by Crippen LogP contribution is -2.52. The average molecular weight is 399 g/mol. The maximum atomic E-state index is 15.0. The number of anilines is 1. The molecule has 2 aliphatic heterocycles. The average Bonchev–Trinajstić information content (AvgIpc) is 2.93. The summed E-state index contributed by atoms with van der Waals surface area (Å²) in [7, 11) is 0. The van der Waals surface area contributed by atoms with Crippen LogP contribution in [0.25, 0.3) is 10.9 Å². The molecule has 4 rings (SSSR count). The largest absolute Gasteiger partial charge is 0.477 e. The Morgan fingerprint density at radius 3 is 2.43 bits per heavy atom. The fraction of sp³-hybridized carbons (Fsp3) is 0.444. The summed E-state index contributed by atoms with van der Waals surface area (Å²) in [4.78, 5) is 25.8. The van der Waals surface area contributed by atoms with Gasteiger partial charge in [0.15, 0.2) is 0 Å². The number of pyridine rings is 1. The Morgan fingerprint density at radius 1 is 1.21 bits per heavy atom. The Labute approximate surface area is 156 Å². The SMILES string of the molecule is CC1Cc2c(N3CCN(C(F)(F)F)CC3)c(F)cc3c(=O)c(C(=O)O)cn1c23. The van der Waals surface area contributed by atoms with Crippen molar-refractivity contribution in [3.8, 4) is 0 Å². The van der Waals surface area contributed by atoms with Crippen LogP contribution in [0.3, 0.4) is 0 Å². The highest BCUT2D eigenvalue weighted by molar-refractivity contribution is 5.96. The van der Waals surface area contributed by atoms with Crippen molar-refractivity contribution in [3.05, 3.63) is 39.4 Å². The lowest BCUT2D eigenvalue weighted by molar-refractivity contribution is -0.246. The van der Waals surface area contributed by atoms with Gasteiger partial charge in [-0.3, -0.25) is 4.79 Å². The summed E-state index contributed by atoms with van der Waals surface area (Å²) in [5, 5.41) is 9.24. The van der Waals surface area contributed by atoms with Crippen molar-refractivity contribution in [1.29, 1.82) is 0 Å². The molecule has 6 nitrogen and oxygen atoms in total. The van der Waals surface area contributed by atoms with Crippen molar-refractivity contribution in [2.45, 2.75) is 25.7 Å². The normalized spacial score (nSPS) is 20.2. The van der Waals surface area contributed by atoms with Crippen molar-refractivity contribution >= 4 is 22.6 Å². The lowest BCUT2D eigenvalue weighted by Gasteiger charge is -2.37. The van der Waals surface area contributed by atoms with E-state index in [1.165, 1.54) is 6.20 Å². The highest BCUT2D eigenvalue weighted by atomic mass is 19.4. The lowest BCUT2D eigenvalue weighted by atomic mass is 10.0. The number of hydrogen-bond donors (Lipinski definition) is 1. The zero-order valence-corrected chi connectivity index (χ0v) is 14.9. The van der Waals surface area contributed by atoms with E-state index >= 15 is 0 Å². The molecule has 0 aliphatic carbocycles. The number of aromatic carboxylic acids is 1. The van der Waals surface area contributed by atoms with Crippen molar-refractivity contribution in [1.82, 2.24) is 9.47 Å². The second-order valence-corrected chi connectivity index (χ2v) is 7.16. The van der Waals surface area contributed by atoms with Gasteiger partial charge in [-0.1, -0.05) is 0 Å². The van der Waals surface area contributed by atoms with E-state index in [0.29, 0.717) is 22.4 Å². The fourth-order valence-electron chi connectivity index (χ4n) is 4.17.